The fourth-order valence-electron chi connectivity index (χ4n) is 2.91. The third-order valence-corrected chi connectivity index (χ3v) is 5.07. The molecule has 0 radical (unpaired) electrons. The minimum atomic E-state index is -0.893. The van der Waals surface area contributed by atoms with Gasteiger partial charge < -0.3 is 14.4 Å². The van der Waals surface area contributed by atoms with Crippen molar-refractivity contribution in [1.29, 1.82) is 0 Å². The van der Waals surface area contributed by atoms with Gasteiger partial charge in [-0.1, -0.05) is 0 Å². The molecular weight excluding hydrogens is 324 g/mol. The van der Waals surface area contributed by atoms with Gasteiger partial charge in [-0.05, 0) is 31.0 Å². The number of hydrogen-bond donors (Lipinski definition) is 0. The van der Waals surface area contributed by atoms with Crippen LogP contribution in [0.15, 0.2) is 23.1 Å². The summed E-state index contributed by atoms with van der Waals surface area (Å²) in [5, 5.41) is 0. The molecule has 2 aliphatic heterocycles. The van der Waals surface area contributed by atoms with Crippen molar-refractivity contribution >= 4 is 17.7 Å². The molecular formula is C16H19F2NO3S. The third kappa shape index (κ3) is 4.22. The minimum absolute atomic E-state index is 0.00225. The molecule has 4 nitrogen and oxygen atoms in total. The van der Waals surface area contributed by atoms with Crippen molar-refractivity contribution in [3.8, 4) is 0 Å². The minimum Gasteiger partial charge on any atom is -0.350 e. The number of carbonyl (C=O) groups is 1. The van der Waals surface area contributed by atoms with E-state index in [-0.39, 0.29) is 23.9 Å². The Morgan fingerprint density at radius 1 is 1.26 bits per heavy atom. The molecule has 2 aliphatic rings. The van der Waals surface area contributed by atoms with Gasteiger partial charge in [0.05, 0.1) is 19.0 Å². The molecule has 1 unspecified atom stereocenters. The van der Waals surface area contributed by atoms with E-state index in [1.165, 1.54) is 17.8 Å². The Morgan fingerprint density at radius 2 is 2.04 bits per heavy atom. The first-order valence-electron chi connectivity index (χ1n) is 7.72. The molecule has 1 aromatic rings. The molecule has 2 saturated heterocycles. The van der Waals surface area contributed by atoms with Crippen LogP contribution in [0.5, 0.6) is 0 Å². The number of nitrogens with zero attached hydrogens (tertiary/aromatic N) is 1. The molecule has 2 heterocycles. The molecule has 0 bridgehead atoms. The third-order valence-electron chi connectivity index (χ3n) is 4.10. The summed E-state index contributed by atoms with van der Waals surface area (Å²) in [5.41, 5.74) is 0. The van der Waals surface area contributed by atoms with Crippen molar-refractivity contribution in [2.45, 2.75) is 24.0 Å². The van der Waals surface area contributed by atoms with E-state index in [0.29, 0.717) is 24.7 Å². The summed E-state index contributed by atoms with van der Waals surface area (Å²) in [6.45, 7) is 2.57. The van der Waals surface area contributed by atoms with Crippen molar-refractivity contribution in [3.63, 3.8) is 0 Å². The number of halogens is 2. The Hall–Kier alpha value is -1.18. The van der Waals surface area contributed by atoms with Crippen LogP contribution in [-0.2, 0) is 14.3 Å². The van der Waals surface area contributed by atoms with Gasteiger partial charge >= 0.3 is 0 Å². The topological polar surface area (TPSA) is 38.8 Å². The second-order valence-corrected chi connectivity index (χ2v) is 6.77. The van der Waals surface area contributed by atoms with Crippen molar-refractivity contribution in [2.24, 2.45) is 5.92 Å². The van der Waals surface area contributed by atoms with E-state index in [4.69, 9.17) is 9.47 Å². The fraction of sp³-hybridized carbons (Fsp3) is 0.562. The van der Waals surface area contributed by atoms with Gasteiger partial charge in [0.15, 0.2) is 17.9 Å². The highest BCUT2D eigenvalue weighted by atomic mass is 32.2. The van der Waals surface area contributed by atoms with Crippen LogP contribution in [0, 0.1) is 17.6 Å². The van der Waals surface area contributed by atoms with Crippen molar-refractivity contribution in [1.82, 2.24) is 4.90 Å². The smallest absolute Gasteiger partial charge is 0.232 e. The van der Waals surface area contributed by atoms with Crippen molar-refractivity contribution < 1.29 is 23.0 Å². The Kier molecular flexibility index (Phi) is 5.50. The molecule has 2 fully saturated rings. The molecule has 0 saturated carbocycles. The van der Waals surface area contributed by atoms with Gasteiger partial charge in [0, 0.05) is 23.9 Å². The van der Waals surface area contributed by atoms with Crippen LogP contribution in [0.1, 0.15) is 12.8 Å². The van der Waals surface area contributed by atoms with Crippen LogP contribution in [0.4, 0.5) is 8.78 Å². The molecule has 1 amide bonds. The van der Waals surface area contributed by atoms with Gasteiger partial charge in [-0.3, -0.25) is 4.79 Å². The largest absolute Gasteiger partial charge is 0.350 e. The maximum absolute atomic E-state index is 13.2. The molecule has 7 heteroatoms. The van der Waals surface area contributed by atoms with E-state index in [1.807, 2.05) is 4.90 Å². The monoisotopic (exact) mass is 343 g/mol. The van der Waals surface area contributed by atoms with Gasteiger partial charge in [0.25, 0.3) is 0 Å². The van der Waals surface area contributed by atoms with E-state index in [2.05, 4.69) is 0 Å². The van der Waals surface area contributed by atoms with Gasteiger partial charge in [-0.15, -0.1) is 11.8 Å². The molecule has 23 heavy (non-hydrogen) atoms. The van der Waals surface area contributed by atoms with Crippen molar-refractivity contribution in [2.75, 3.05) is 32.1 Å². The summed E-state index contributed by atoms with van der Waals surface area (Å²) >= 11 is 1.22. The second-order valence-electron chi connectivity index (χ2n) is 5.72. The number of likely N-dealkylation sites (tertiary alicyclic amines) is 1. The Balaban J connectivity index is 1.51. The zero-order chi connectivity index (χ0) is 16.2. The number of thioether (sulfide) groups is 1. The first kappa shape index (κ1) is 16.7. The van der Waals surface area contributed by atoms with Crippen LogP contribution in [0.2, 0.25) is 0 Å². The number of carbonyl (C=O) groups excluding carboxylic acids is 1. The summed E-state index contributed by atoms with van der Waals surface area (Å²) in [6.07, 6.45) is 1.71. The molecule has 0 N–H and O–H groups in total. The Bertz CT molecular complexity index is 566. The van der Waals surface area contributed by atoms with Gasteiger partial charge in [0.2, 0.25) is 5.91 Å². The van der Waals surface area contributed by atoms with Gasteiger partial charge in [-0.2, -0.15) is 0 Å². The highest BCUT2D eigenvalue weighted by Gasteiger charge is 2.32. The van der Waals surface area contributed by atoms with Crippen LogP contribution in [0.3, 0.4) is 0 Å². The molecule has 1 aromatic carbocycles. The van der Waals surface area contributed by atoms with Crippen LogP contribution in [-0.4, -0.2) is 49.2 Å². The van der Waals surface area contributed by atoms with E-state index in [0.717, 1.165) is 31.5 Å². The number of amides is 1. The number of benzene rings is 1. The van der Waals surface area contributed by atoms with E-state index in [1.54, 1.807) is 0 Å². The average molecular weight is 343 g/mol. The summed E-state index contributed by atoms with van der Waals surface area (Å²) in [5.74, 6) is -1.34. The molecule has 3 rings (SSSR count). The lowest BCUT2D eigenvalue weighted by molar-refractivity contribution is -0.136. The molecule has 1 atom stereocenters. The predicted molar refractivity (Wildman–Crippen MR) is 82.1 cm³/mol. The van der Waals surface area contributed by atoms with Crippen LogP contribution < -0.4 is 0 Å². The van der Waals surface area contributed by atoms with Crippen LogP contribution >= 0.6 is 11.8 Å². The number of rotatable bonds is 4. The maximum Gasteiger partial charge on any atom is 0.232 e. The van der Waals surface area contributed by atoms with Crippen LogP contribution in [0.25, 0.3) is 0 Å². The zero-order valence-electron chi connectivity index (χ0n) is 12.7. The SMILES string of the molecule is O=C(CSc1ccc(F)c(F)c1)N1CCCC(C2OCCO2)C1. The number of piperidine rings is 1. The molecule has 0 aromatic heterocycles. The van der Waals surface area contributed by atoms with Crippen molar-refractivity contribution in [3.05, 3.63) is 29.8 Å². The highest BCUT2D eigenvalue weighted by molar-refractivity contribution is 8.00. The van der Waals surface area contributed by atoms with E-state index in [9.17, 15) is 13.6 Å². The highest BCUT2D eigenvalue weighted by Crippen LogP contribution is 2.26. The van der Waals surface area contributed by atoms with Gasteiger partial charge in [-0.25, -0.2) is 8.78 Å². The van der Waals surface area contributed by atoms with Gasteiger partial charge in [0.1, 0.15) is 0 Å². The standard InChI is InChI=1S/C16H19F2NO3S/c17-13-4-3-12(8-14(13)18)23-10-15(20)19-5-1-2-11(9-19)16-21-6-7-22-16/h3-4,8,11,16H,1-2,5-7,9-10H2. The predicted octanol–water partition coefficient (Wildman–Crippen LogP) is 2.67. The lowest BCUT2D eigenvalue weighted by Crippen LogP contribution is -2.44. The quantitative estimate of drug-likeness (QED) is 0.788. The summed E-state index contributed by atoms with van der Waals surface area (Å²) in [7, 11) is 0. The molecule has 0 aliphatic carbocycles. The van der Waals surface area contributed by atoms with E-state index < -0.39 is 11.6 Å². The Morgan fingerprint density at radius 3 is 2.78 bits per heavy atom. The number of ether oxygens (including phenoxy) is 2. The lowest BCUT2D eigenvalue weighted by Gasteiger charge is -2.34. The molecule has 0 spiro atoms. The Labute approximate surface area is 138 Å². The normalized spacial score (nSPS) is 22.5. The first-order valence-corrected chi connectivity index (χ1v) is 8.71. The first-order chi connectivity index (χ1) is 11.1. The summed E-state index contributed by atoms with van der Waals surface area (Å²) in [4.78, 5) is 14.7. The summed E-state index contributed by atoms with van der Waals surface area (Å²) < 4.78 is 37.1. The van der Waals surface area contributed by atoms with E-state index >= 15 is 0 Å². The lowest BCUT2D eigenvalue weighted by atomic mass is 9.97. The summed E-state index contributed by atoms with van der Waals surface area (Å²) in [6, 6.07) is 3.68. The average Bonchev–Trinajstić information content (AvgIpc) is 3.10. The number of hydrogen-bond acceptors (Lipinski definition) is 4. The molecule has 126 valence electrons. The zero-order valence-corrected chi connectivity index (χ0v) is 13.5. The second kappa shape index (κ2) is 7.59. The maximum atomic E-state index is 13.2. The fourth-order valence-corrected chi connectivity index (χ4v) is 3.73.